The normalized spacial score (nSPS) is 10.8. The van der Waals surface area contributed by atoms with Gasteiger partial charge in [0.2, 0.25) is 0 Å². The Kier molecular flexibility index (Phi) is 8.72. The predicted molar refractivity (Wildman–Crippen MR) is 115 cm³/mol. The number of amides is 1. The number of halogens is 3. The van der Waals surface area contributed by atoms with Gasteiger partial charge in [0.15, 0.2) is 6.61 Å². The van der Waals surface area contributed by atoms with Gasteiger partial charge in [-0.05, 0) is 30.7 Å². The molecule has 0 aliphatic rings. The Balaban J connectivity index is 2.01. The molecule has 30 heavy (non-hydrogen) atoms. The molecule has 2 rings (SSSR count). The van der Waals surface area contributed by atoms with Crippen molar-refractivity contribution >= 4 is 52.8 Å². The van der Waals surface area contributed by atoms with E-state index in [1.54, 1.807) is 29.8 Å². The van der Waals surface area contributed by atoms with E-state index in [0.717, 1.165) is 5.56 Å². The van der Waals surface area contributed by atoms with Crippen molar-refractivity contribution in [3.63, 3.8) is 0 Å². The number of ether oxygens (including phenoxy) is 1. The molecular weight excluding hydrogens is 451 g/mol. The predicted octanol–water partition coefficient (Wildman–Crippen LogP) is 4.13. The molecule has 1 heterocycles. The summed E-state index contributed by atoms with van der Waals surface area (Å²) in [7, 11) is 1.54. The van der Waals surface area contributed by atoms with E-state index in [9.17, 15) is 9.59 Å². The van der Waals surface area contributed by atoms with Gasteiger partial charge in [-0.15, -0.1) is 0 Å². The van der Waals surface area contributed by atoms with Crippen molar-refractivity contribution in [3.8, 4) is 6.07 Å². The monoisotopic (exact) mass is 468 g/mol. The molecule has 0 unspecified atom stereocenters. The molecule has 0 saturated carbocycles. The summed E-state index contributed by atoms with van der Waals surface area (Å²) in [5.74, 6) is -1.09. The largest absolute Gasteiger partial charge is 0.452 e. The third-order valence-corrected chi connectivity index (χ3v) is 5.14. The van der Waals surface area contributed by atoms with Crippen LogP contribution in [0.3, 0.4) is 0 Å². The van der Waals surface area contributed by atoms with Crippen molar-refractivity contribution in [2.24, 2.45) is 0 Å². The Bertz CT molecular complexity index is 1010. The van der Waals surface area contributed by atoms with Crippen LogP contribution in [0.4, 0.5) is 0 Å². The number of aryl methyl sites for hydroxylation is 1. The van der Waals surface area contributed by atoms with E-state index >= 15 is 0 Å². The summed E-state index contributed by atoms with van der Waals surface area (Å²) in [6.45, 7) is 1.95. The lowest BCUT2D eigenvalue weighted by molar-refractivity contribution is -0.147. The average Bonchev–Trinajstić information content (AvgIpc) is 2.97. The molecular formula is C20H19Cl3N4O3. The van der Waals surface area contributed by atoms with Gasteiger partial charge in [-0.25, -0.2) is 9.48 Å². The summed E-state index contributed by atoms with van der Waals surface area (Å²) < 4.78 is 6.50. The topological polar surface area (TPSA) is 88.2 Å². The first kappa shape index (κ1) is 23.7. The summed E-state index contributed by atoms with van der Waals surface area (Å²) in [5, 5.41) is 14.3. The maximum atomic E-state index is 11.9. The minimum absolute atomic E-state index is 0.207. The molecule has 10 heteroatoms. The number of rotatable bonds is 8. The number of likely N-dealkylation sites (N-methyl/N-ethyl adjacent to an activating group) is 1. The van der Waals surface area contributed by atoms with E-state index in [1.165, 1.54) is 24.1 Å². The Morgan fingerprint density at radius 1 is 1.33 bits per heavy atom. The number of carbonyl (C=O) groups excluding carboxylic acids is 2. The van der Waals surface area contributed by atoms with Crippen molar-refractivity contribution in [1.29, 1.82) is 5.26 Å². The molecule has 0 saturated heterocycles. The standard InChI is InChI=1S/C20H19Cl3N4O3/c1-13-16(6-7-19(29)30-12-18(28)26(2)9-3-8-24)20(23)27(25-13)11-14-4-5-15(21)10-17(14)22/h4-7,10H,3,9,11-12H2,1-2H3/b7-6+. The van der Waals surface area contributed by atoms with Crippen LogP contribution in [-0.4, -0.2) is 46.8 Å². The molecule has 0 bridgehead atoms. The molecule has 2 aromatic rings. The van der Waals surface area contributed by atoms with Gasteiger partial charge in [0.1, 0.15) is 5.15 Å². The van der Waals surface area contributed by atoms with Gasteiger partial charge in [0.25, 0.3) is 5.91 Å². The van der Waals surface area contributed by atoms with E-state index in [2.05, 4.69) is 5.10 Å². The first-order valence-corrected chi connectivity index (χ1v) is 9.99. The Labute approximate surface area is 189 Å². The highest BCUT2D eigenvalue weighted by Crippen LogP contribution is 2.26. The van der Waals surface area contributed by atoms with Crippen LogP contribution in [0.5, 0.6) is 0 Å². The number of hydrogen-bond acceptors (Lipinski definition) is 5. The van der Waals surface area contributed by atoms with E-state index in [1.807, 2.05) is 6.07 Å². The Morgan fingerprint density at radius 3 is 2.73 bits per heavy atom. The van der Waals surface area contributed by atoms with Crippen molar-refractivity contribution < 1.29 is 14.3 Å². The van der Waals surface area contributed by atoms with E-state index in [4.69, 9.17) is 44.8 Å². The van der Waals surface area contributed by atoms with Crippen molar-refractivity contribution in [2.45, 2.75) is 19.9 Å². The van der Waals surface area contributed by atoms with Crippen LogP contribution in [0, 0.1) is 18.3 Å². The molecule has 1 amide bonds. The molecule has 0 aliphatic carbocycles. The molecule has 1 aromatic heterocycles. The number of benzene rings is 1. The minimum Gasteiger partial charge on any atom is -0.452 e. The number of esters is 1. The Hall–Kier alpha value is -2.53. The number of carbonyl (C=O) groups is 2. The molecule has 0 spiro atoms. The van der Waals surface area contributed by atoms with Crippen LogP contribution in [0.15, 0.2) is 24.3 Å². The summed E-state index contributed by atoms with van der Waals surface area (Å²) in [5.41, 5.74) is 1.96. The lowest BCUT2D eigenvalue weighted by Crippen LogP contribution is -2.31. The van der Waals surface area contributed by atoms with Gasteiger partial charge in [0.05, 0.1) is 24.7 Å². The number of hydrogen-bond donors (Lipinski definition) is 0. The number of aromatic nitrogens is 2. The molecule has 158 valence electrons. The molecule has 0 radical (unpaired) electrons. The fourth-order valence-corrected chi connectivity index (χ4v) is 3.22. The molecule has 7 nitrogen and oxygen atoms in total. The second-order valence-corrected chi connectivity index (χ2v) is 7.55. The lowest BCUT2D eigenvalue weighted by atomic mass is 10.2. The maximum Gasteiger partial charge on any atom is 0.331 e. The van der Waals surface area contributed by atoms with Crippen LogP contribution in [-0.2, 0) is 20.9 Å². The first-order chi connectivity index (χ1) is 14.2. The number of nitriles is 1. The van der Waals surface area contributed by atoms with E-state index < -0.39 is 18.5 Å². The highest BCUT2D eigenvalue weighted by Gasteiger charge is 2.14. The lowest BCUT2D eigenvalue weighted by Gasteiger charge is -2.14. The van der Waals surface area contributed by atoms with Crippen LogP contribution in [0.1, 0.15) is 23.2 Å². The van der Waals surface area contributed by atoms with Crippen LogP contribution < -0.4 is 0 Å². The summed E-state index contributed by atoms with van der Waals surface area (Å²) >= 11 is 18.5. The van der Waals surface area contributed by atoms with E-state index in [-0.39, 0.29) is 13.0 Å². The zero-order chi connectivity index (χ0) is 22.3. The third kappa shape index (κ3) is 6.49. The highest BCUT2D eigenvalue weighted by atomic mass is 35.5. The molecule has 1 aromatic carbocycles. The number of nitrogens with zero attached hydrogens (tertiary/aromatic N) is 4. The summed E-state index contributed by atoms with van der Waals surface area (Å²) in [4.78, 5) is 25.1. The van der Waals surface area contributed by atoms with Crippen molar-refractivity contribution in [2.75, 3.05) is 20.2 Å². The average molecular weight is 470 g/mol. The summed E-state index contributed by atoms with van der Waals surface area (Å²) in [6, 6.07) is 7.09. The molecule has 0 fully saturated rings. The third-order valence-electron chi connectivity index (χ3n) is 4.15. The smallest absolute Gasteiger partial charge is 0.331 e. The molecule has 0 atom stereocenters. The maximum absolute atomic E-state index is 11.9. The SMILES string of the molecule is Cc1nn(Cc2ccc(Cl)cc2Cl)c(Cl)c1/C=C/C(=O)OCC(=O)N(C)CCC#N. The van der Waals surface area contributed by atoms with Crippen molar-refractivity contribution in [3.05, 3.63) is 56.3 Å². The van der Waals surface area contributed by atoms with Gasteiger partial charge >= 0.3 is 5.97 Å². The molecule has 0 N–H and O–H groups in total. The minimum atomic E-state index is -0.694. The van der Waals surface area contributed by atoms with Crippen LogP contribution >= 0.6 is 34.8 Å². The summed E-state index contributed by atoms with van der Waals surface area (Å²) in [6.07, 6.45) is 2.87. The fourth-order valence-electron chi connectivity index (χ4n) is 2.46. The van der Waals surface area contributed by atoms with E-state index in [0.29, 0.717) is 33.0 Å². The second kappa shape index (κ2) is 11.0. The highest BCUT2D eigenvalue weighted by molar-refractivity contribution is 6.35. The first-order valence-electron chi connectivity index (χ1n) is 8.85. The van der Waals surface area contributed by atoms with Gasteiger partial charge < -0.3 is 9.64 Å². The molecule has 0 aliphatic heterocycles. The van der Waals surface area contributed by atoms with Gasteiger partial charge in [-0.3, -0.25) is 4.79 Å². The second-order valence-electron chi connectivity index (χ2n) is 6.35. The van der Waals surface area contributed by atoms with Gasteiger partial charge in [-0.1, -0.05) is 40.9 Å². The van der Waals surface area contributed by atoms with Crippen LogP contribution in [0.2, 0.25) is 15.2 Å². The zero-order valence-electron chi connectivity index (χ0n) is 16.4. The fraction of sp³-hybridized carbons (Fsp3) is 0.300. The van der Waals surface area contributed by atoms with Crippen LogP contribution in [0.25, 0.3) is 6.08 Å². The quantitative estimate of drug-likeness (QED) is 0.428. The van der Waals surface area contributed by atoms with Gasteiger partial charge in [-0.2, -0.15) is 10.4 Å². The zero-order valence-corrected chi connectivity index (χ0v) is 18.6. The van der Waals surface area contributed by atoms with Crippen molar-refractivity contribution in [1.82, 2.24) is 14.7 Å². The van der Waals surface area contributed by atoms with Gasteiger partial charge in [0, 0.05) is 35.3 Å². The Morgan fingerprint density at radius 2 is 2.07 bits per heavy atom.